The highest BCUT2D eigenvalue weighted by Gasteiger charge is 2.48. The van der Waals surface area contributed by atoms with Gasteiger partial charge in [-0.2, -0.15) is 0 Å². The van der Waals surface area contributed by atoms with E-state index in [-0.39, 0.29) is 11.3 Å². The number of hydrogen-bond donors (Lipinski definition) is 2. The fourth-order valence-electron chi connectivity index (χ4n) is 4.56. The molecule has 0 saturated carbocycles. The number of ketones is 1. The van der Waals surface area contributed by atoms with Crippen molar-refractivity contribution in [2.45, 2.75) is 13.0 Å². The maximum atomic E-state index is 13.4. The number of fused-ring (bicyclic) bond motifs is 1. The van der Waals surface area contributed by atoms with Crippen molar-refractivity contribution in [2.24, 2.45) is 0 Å². The van der Waals surface area contributed by atoms with Gasteiger partial charge < -0.3 is 14.8 Å². The SMILES string of the molecule is COc1ccc(N2C(=O)C(=O)/C(=C(/O)c3cccc(Cl)c3)C2c2c(C)[nH]c3ccccc23)cc1. The highest BCUT2D eigenvalue weighted by molar-refractivity contribution is 6.52. The number of amides is 1. The zero-order valence-corrected chi connectivity index (χ0v) is 19.3. The number of H-pyrrole nitrogens is 1. The Morgan fingerprint density at radius 3 is 2.47 bits per heavy atom. The van der Waals surface area contributed by atoms with Crippen LogP contribution in [0.1, 0.15) is 22.9 Å². The van der Waals surface area contributed by atoms with Crippen LogP contribution >= 0.6 is 11.6 Å². The third-order valence-corrected chi connectivity index (χ3v) is 6.35. The summed E-state index contributed by atoms with van der Waals surface area (Å²) < 4.78 is 5.25. The van der Waals surface area contributed by atoms with E-state index in [1.165, 1.54) is 4.90 Å². The lowest BCUT2D eigenvalue weighted by atomic mass is 9.93. The number of carbonyl (C=O) groups is 2. The van der Waals surface area contributed by atoms with E-state index in [1.807, 2.05) is 31.2 Å². The van der Waals surface area contributed by atoms with E-state index in [0.717, 1.165) is 22.2 Å². The molecule has 0 bridgehead atoms. The van der Waals surface area contributed by atoms with Gasteiger partial charge in [-0.1, -0.05) is 41.9 Å². The largest absolute Gasteiger partial charge is 0.507 e. The first-order valence-corrected chi connectivity index (χ1v) is 11.1. The van der Waals surface area contributed by atoms with Gasteiger partial charge in [0.2, 0.25) is 0 Å². The standard InChI is InChI=1S/C27H21ClN2O4/c1-15-22(20-8-3-4-9-21(20)29-15)24-23(25(31)16-6-5-7-17(28)14-16)26(32)27(33)30(24)18-10-12-19(34-2)13-11-18/h3-14,24,29,31H,1-2H3/b25-23+. The second-order valence-electron chi connectivity index (χ2n) is 8.09. The number of nitrogens with one attached hydrogen (secondary N) is 1. The second-order valence-corrected chi connectivity index (χ2v) is 8.52. The zero-order valence-electron chi connectivity index (χ0n) is 18.5. The topological polar surface area (TPSA) is 82.6 Å². The summed E-state index contributed by atoms with van der Waals surface area (Å²) in [5.74, 6) is -1.13. The normalized spacial score (nSPS) is 17.5. The summed E-state index contributed by atoms with van der Waals surface area (Å²) in [6, 6.07) is 20.3. The summed E-state index contributed by atoms with van der Waals surface area (Å²) in [5, 5.41) is 12.6. The summed E-state index contributed by atoms with van der Waals surface area (Å²) in [7, 11) is 1.56. The zero-order chi connectivity index (χ0) is 24.0. The Morgan fingerprint density at radius 2 is 1.76 bits per heavy atom. The van der Waals surface area contributed by atoms with E-state index >= 15 is 0 Å². The number of ether oxygens (including phenoxy) is 1. The number of hydrogen-bond acceptors (Lipinski definition) is 4. The monoisotopic (exact) mass is 472 g/mol. The molecule has 0 aliphatic carbocycles. The van der Waals surface area contributed by atoms with E-state index in [0.29, 0.717) is 22.0 Å². The van der Waals surface area contributed by atoms with Crippen molar-refractivity contribution in [2.75, 3.05) is 12.0 Å². The summed E-state index contributed by atoms with van der Waals surface area (Å²) in [5.41, 5.74) is 3.30. The first-order chi connectivity index (χ1) is 16.4. The second kappa shape index (κ2) is 8.39. The third kappa shape index (κ3) is 3.43. The number of nitrogens with zero attached hydrogens (tertiary/aromatic N) is 1. The molecule has 34 heavy (non-hydrogen) atoms. The number of aromatic nitrogens is 1. The number of benzene rings is 3. The number of anilines is 1. The van der Waals surface area contributed by atoms with E-state index in [2.05, 4.69) is 4.98 Å². The number of halogens is 1. The molecule has 4 aromatic rings. The highest BCUT2D eigenvalue weighted by Crippen LogP contribution is 2.45. The molecule has 1 atom stereocenters. The van der Waals surface area contributed by atoms with Gasteiger partial charge in [-0.15, -0.1) is 0 Å². The lowest BCUT2D eigenvalue weighted by molar-refractivity contribution is -0.132. The van der Waals surface area contributed by atoms with Gasteiger partial charge in [-0.3, -0.25) is 14.5 Å². The van der Waals surface area contributed by atoms with Crippen molar-refractivity contribution in [1.82, 2.24) is 4.98 Å². The summed E-state index contributed by atoms with van der Waals surface area (Å²) >= 11 is 6.14. The van der Waals surface area contributed by atoms with Crippen LogP contribution in [-0.4, -0.2) is 28.9 Å². The molecule has 1 amide bonds. The molecule has 3 aromatic carbocycles. The summed E-state index contributed by atoms with van der Waals surface area (Å²) in [6.07, 6.45) is 0. The van der Waals surface area contributed by atoms with Crippen LogP contribution in [0.25, 0.3) is 16.7 Å². The minimum absolute atomic E-state index is 0.0101. The van der Waals surface area contributed by atoms with E-state index in [1.54, 1.807) is 55.6 Å². The smallest absolute Gasteiger partial charge is 0.300 e. The molecule has 1 fully saturated rings. The third-order valence-electron chi connectivity index (χ3n) is 6.11. The van der Waals surface area contributed by atoms with Crippen molar-refractivity contribution < 1.29 is 19.4 Å². The summed E-state index contributed by atoms with van der Waals surface area (Å²) in [4.78, 5) is 31.5. The van der Waals surface area contributed by atoms with E-state index in [4.69, 9.17) is 16.3 Å². The Labute approximate surface area is 201 Å². The number of para-hydroxylation sites is 1. The minimum atomic E-state index is -0.844. The predicted molar refractivity (Wildman–Crippen MR) is 132 cm³/mol. The molecule has 0 radical (unpaired) electrons. The molecule has 1 saturated heterocycles. The number of aliphatic hydroxyl groups is 1. The average molecular weight is 473 g/mol. The average Bonchev–Trinajstić information content (AvgIpc) is 3.31. The van der Waals surface area contributed by atoms with Crippen LogP contribution < -0.4 is 9.64 Å². The van der Waals surface area contributed by atoms with Gasteiger partial charge >= 0.3 is 0 Å². The molecular weight excluding hydrogens is 452 g/mol. The number of methoxy groups -OCH3 is 1. The molecule has 7 heteroatoms. The molecule has 1 aromatic heterocycles. The van der Waals surface area contributed by atoms with E-state index < -0.39 is 17.7 Å². The lowest BCUT2D eigenvalue weighted by Gasteiger charge is -2.26. The molecular formula is C27H21ClN2O4. The molecule has 6 nitrogen and oxygen atoms in total. The van der Waals surface area contributed by atoms with Crippen LogP contribution in [0.4, 0.5) is 5.69 Å². The van der Waals surface area contributed by atoms with Crippen molar-refractivity contribution in [3.63, 3.8) is 0 Å². The molecule has 1 aliphatic heterocycles. The number of aryl methyl sites for hydroxylation is 1. The van der Waals surface area contributed by atoms with Crippen LogP contribution in [0.5, 0.6) is 5.75 Å². The van der Waals surface area contributed by atoms with Crippen LogP contribution in [0.15, 0.2) is 78.4 Å². The molecule has 2 heterocycles. The number of Topliss-reactive ketones (excluding diaryl/α,β-unsaturated/α-hetero) is 1. The van der Waals surface area contributed by atoms with Crippen molar-refractivity contribution in [3.8, 4) is 5.75 Å². The number of rotatable bonds is 4. The molecule has 0 spiro atoms. The Morgan fingerprint density at radius 1 is 1.03 bits per heavy atom. The van der Waals surface area contributed by atoms with Crippen LogP contribution in [0.3, 0.4) is 0 Å². The molecule has 2 N–H and O–H groups in total. The highest BCUT2D eigenvalue weighted by atomic mass is 35.5. The van der Waals surface area contributed by atoms with Crippen LogP contribution in [0.2, 0.25) is 5.02 Å². The van der Waals surface area contributed by atoms with Crippen molar-refractivity contribution >= 4 is 45.6 Å². The Hall–Kier alpha value is -4.03. The Kier molecular flexibility index (Phi) is 5.38. The summed E-state index contributed by atoms with van der Waals surface area (Å²) in [6.45, 7) is 1.89. The van der Waals surface area contributed by atoms with Crippen molar-refractivity contribution in [3.05, 3.63) is 100 Å². The first kappa shape index (κ1) is 21.8. The number of aromatic amines is 1. The van der Waals surface area contributed by atoms with Crippen LogP contribution in [0, 0.1) is 6.92 Å². The van der Waals surface area contributed by atoms with Crippen LogP contribution in [-0.2, 0) is 9.59 Å². The lowest BCUT2D eigenvalue weighted by Crippen LogP contribution is -2.29. The Balaban J connectivity index is 1.80. The molecule has 5 rings (SSSR count). The fraction of sp³-hybridized carbons (Fsp3) is 0.111. The van der Waals surface area contributed by atoms with Gasteiger partial charge in [-0.05, 0) is 49.4 Å². The quantitative estimate of drug-likeness (QED) is 0.224. The molecule has 1 aliphatic rings. The van der Waals surface area contributed by atoms with Gasteiger partial charge in [0.1, 0.15) is 11.5 Å². The maximum Gasteiger partial charge on any atom is 0.300 e. The number of carbonyl (C=O) groups excluding carboxylic acids is 2. The van der Waals surface area contributed by atoms with Gasteiger partial charge in [-0.25, -0.2) is 0 Å². The van der Waals surface area contributed by atoms with Gasteiger partial charge in [0, 0.05) is 38.4 Å². The molecule has 1 unspecified atom stereocenters. The minimum Gasteiger partial charge on any atom is -0.507 e. The Bertz CT molecular complexity index is 1470. The van der Waals surface area contributed by atoms with Crippen molar-refractivity contribution in [1.29, 1.82) is 0 Å². The predicted octanol–water partition coefficient (Wildman–Crippen LogP) is 5.76. The molecule has 170 valence electrons. The van der Waals surface area contributed by atoms with Gasteiger partial charge in [0.15, 0.2) is 0 Å². The maximum absolute atomic E-state index is 13.4. The van der Waals surface area contributed by atoms with E-state index in [9.17, 15) is 14.7 Å². The fourth-order valence-corrected chi connectivity index (χ4v) is 4.75. The van der Waals surface area contributed by atoms with Gasteiger partial charge in [0.25, 0.3) is 11.7 Å². The van der Waals surface area contributed by atoms with Gasteiger partial charge in [0.05, 0.1) is 18.7 Å². The number of aliphatic hydroxyl groups excluding tert-OH is 1. The first-order valence-electron chi connectivity index (χ1n) is 10.7.